The van der Waals surface area contributed by atoms with Crippen molar-refractivity contribution in [1.29, 1.82) is 0 Å². The zero-order valence-electron chi connectivity index (χ0n) is 12.7. The van der Waals surface area contributed by atoms with Gasteiger partial charge >= 0.3 is 0 Å². The van der Waals surface area contributed by atoms with Crippen molar-refractivity contribution in [2.75, 3.05) is 0 Å². The Kier molecular flexibility index (Phi) is 4.04. The van der Waals surface area contributed by atoms with Gasteiger partial charge in [-0.3, -0.25) is 4.79 Å². The molecule has 22 heavy (non-hydrogen) atoms. The molecule has 0 amide bonds. The maximum Gasteiger partial charge on any atom is 0.137 e. The van der Waals surface area contributed by atoms with Gasteiger partial charge in [0, 0.05) is 35.1 Å². The molecule has 112 valence electrons. The summed E-state index contributed by atoms with van der Waals surface area (Å²) in [5, 5.41) is 1.87. The number of fused-ring (bicyclic) bond motifs is 1. The fraction of sp³-hybridized carbons (Fsp3) is 0.211. The van der Waals surface area contributed by atoms with Gasteiger partial charge in [-0.05, 0) is 48.7 Å². The van der Waals surface area contributed by atoms with Crippen LogP contribution in [0.3, 0.4) is 0 Å². The zero-order chi connectivity index (χ0) is 15.7. The first-order valence-corrected chi connectivity index (χ1v) is 7.73. The average Bonchev–Trinajstić information content (AvgIpc) is 2.88. The van der Waals surface area contributed by atoms with E-state index in [1.807, 2.05) is 43.6 Å². The fourth-order valence-electron chi connectivity index (χ4n) is 2.96. The third kappa shape index (κ3) is 2.79. The van der Waals surface area contributed by atoms with E-state index in [1.165, 1.54) is 0 Å². The number of carbonyl (C=O) groups is 1. The summed E-state index contributed by atoms with van der Waals surface area (Å²) in [5.41, 5.74) is 3.37. The van der Waals surface area contributed by atoms with Gasteiger partial charge in [-0.25, -0.2) is 0 Å². The van der Waals surface area contributed by atoms with E-state index in [2.05, 4.69) is 22.8 Å². The van der Waals surface area contributed by atoms with Crippen molar-refractivity contribution < 1.29 is 4.79 Å². The number of nitrogens with zero attached hydrogens (tertiary/aromatic N) is 1. The number of halogens is 1. The van der Waals surface area contributed by atoms with Crippen LogP contribution in [0.25, 0.3) is 10.9 Å². The largest absolute Gasteiger partial charge is 0.351 e. The summed E-state index contributed by atoms with van der Waals surface area (Å²) in [7, 11) is 2.02. The molecule has 1 heterocycles. The highest BCUT2D eigenvalue weighted by atomic mass is 35.5. The Morgan fingerprint density at radius 3 is 2.55 bits per heavy atom. The second-order valence-electron chi connectivity index (χ2n) is 5.70. The van der Waals surface area contributed by atoms with Crippen LogP contribution >= 0.6 is 11.6 Å². The molecule has 2 nitrogen and oxygen atoms in total. The molecule has 0 aliphatic rings. The van der Waals surface area contributed by atoms with Crippen molar-refractivity contribution in [3.8, 4) is 0 Å². The smallest absolute Gasteiger partial charge is 0.137 e. The van der Waals surface area contributed by atoms with Crippen molar-refractivity contribution in [2.45, 2.75) is 19.3 Å². The molecule has 1 atom stereocenters. The van der Waals surface area contributed by atoms with E-state index in [1.54, 1.807) is 6.92 Å². The highest BCUT2D eigenvalue weighted by Crippen LogP contribution is 2.30. The van der Waals surface area contributed by atoms with Crippen molar-refractivity contribution in [3.63, 3.8) is 0 Å². The lowest BCUT2D eigenvalue weighted by Gasteiger charge is -2.16. The lowest BCUT2D eigenvalue weighted by molar-refractivity contribution is -0.118. The number of benzene rings is 2. The molecule has 1 unspecified atom stereocenters. The first-order valence-electron chi connectivity index (χ1n) is 7.35. The molecule has 0 spiro atoms. The van der Waals surface area contributed by atoms with Gasteiger partial charge < -0.3 is 4.57 Å². The number of ketones is 1. The van der Waals surface area contributed by atoms with Gasteiger partial charge in [0.25, 0.3) is 0 Å². The van der Waals surface area contributed by atoms with E-state index in [-0.39, 0.29) is 11.7 Å². The predicted octanol–water partition coefficient (Wildman–Crippen LogP) is 4.75. The molecule has 0 saturated heterocycles. The molecule has 2 aromatic carbocycles. The van der Waals surface area contributed by atoms with Crippen LogP contribution in [0.4, 0.5) is 0 Å². The Morgan fingerprint density at radius 2 is 1.86 bits per heavy atom. The summed E-state index contributed by atoms with van der Waals surface area (Å²) in [5.74, 6) is 0.0542. The average molecular weight is 312 g/mol. The minimum Gasteiger partial charge on any atom is -0.351 e. The summed E-state index contributed by atoms with van der Waals surface area (Å²) in [6, 6.07) is 16.0. The molecule has 0 aliphatic carbocycles. The molecule has 0 saturated carbocycles. The Bertz CT molecular complexity index is 817. The van der Waals surface area contributed by atoms with Crippen LogP contribution in [0, 0.1) is 0 Å². The number of hydrogen-bond acceptors (Lipinski definition) is 1. The Labute approximate surface area is 135 Å². The first-order chi connectivity index (χ1) is 10.6. The van der Waals surface area contributed by atoms with Crippen LogP contribution in [-0.2, 0) is 18.3 Å². The molecular weight excluding hydrogens is 294 g/mol. The number of hydrogen-bond donors (Lipinski definition) is 0. The third-order valence-corrected chi connectivity index (χ3v) is 4.43. The molecule has 1 aromatic heterocycles. The maximum absolute atomic E-state index is 12.2. The van der Waals surface area contributed by atoms with E-state index < -0.39 is 0 Å². The number of carbonyl (C=O) groups excluding carboxylic acids is 1. The van der Waals surface area contributed by atoms with Crippen LogP contribution in [0.2, 0.25) is 5.02 Å². The van der Waals surface area contributed by atoms with Crippen molar-refractivity contribution >= 4 is 28.3 Å². The van der Waals surface area contributed by atoms with Crippen LogP contribution < -0.4 is 0 Å². The summed E-state index contributed by atoms with van der Waals surface area (Å²) >= 11 is 5.94. The molecule has 3 rings (SSSR count). The topological polar surface area (TPSA) is 22.0 Å². The Morgan fingerprint density at radius 1 is 1.14 bits per heavy atom. The number of aryl methyl sites for hydroxylation is 1. The minimum absolute atomic E-state index is 0.132. The lowest BCUT2D eigenvalue weighted by Crippen LogP contribution is -2.12. The normalized spacial score (nSPS) is 12.5. The maximum atomic E-state index is 12.2. The highest BCUT2D eigenvalue weighted by molar-refractivity contribution is 6.30. The van der Waals surface area contributed by atoms with Crippen LogP contribution in [0.5, 0.6) is 0 Å². The van der Waals surface area contributed by atoms with Crippen molar-refractivity contribution in [2.24, 2.45) is 7.05 Å². The van der Waals surface area contributed by atoms with E-state index in [4.69, 9.17) is 11.6 Å². The molecule has 0 radical (unpaired) electrons. The van der Waals surface area contributed by atoms with E-state index >= 15 is 0 Å². The lowest BCUT2D eigenvalue weighted by atomic mass is 9.87. The number of rotatable bonds is 4. The van der Waals surface area contributed by atoms with Gasteiger partial charge in [0.2, 0.25) is 0 Å². The van der Waals surface area contributed by atoms with Crippen LogP contribution in [0.1, 0.15) is 24.0 Å². The fourth-order valence-corrected chi connectivity index (χ4v) is 3.08. The number of aromatic nitrogens is 1. The SMILES string of the molecule is CC(=O)C(Cc1ccc(Cl)cc1)c1cccc2c1ccn2C. The minimum atomic E-state index is -0.132. The van der Waals surface area contributed by atoms with Gasteiger partial charge in [0.05, 0.1) is 0 Å². The van der Waals surface area contributed by atoms with Gasteiger partial charge in [0.1, 0.15) is 5.78 Å². The highest BCUT2D eigenvalue weighted by Gasteiger charge is 2.20. The molecule has 0 N–H and O–H groups in total. The predicted molar refractivity (Wildman–Crippen MR) is 91.5 cm³/mol. The first kappa shape index (κ1) is 14.9. The Balaban J connectivity index is 2.03. The summed E-state index contributed by atoms with van der Waals surface area (Å²) in [6.45, 7) is 1.67. The quantitative estimate of drug-likeness (QED) is 0.681. The molecule has 0 bridgehead atoms. The Hall–Kier alpha value is -2.06. The van der Waals surface area contributed by atoms with Gasteiger partial charge in [0.15, 0.2) is 0 Å². The summed E-state index contributed by atoms with van der Waals surface area (Å²) in [4.78, 5) is 12.2. The molecular formula is C19H18ClNO. The molecule has 0 fully saturated rings. The molecule has 3 aromatic rings. The van der Waals surface area contributed by atoms with E-state index in [0.717, 1.165) is 22.0 Å². The molecule has 3 heteroatoms. The van der Waals surface area contributed by atoms with Crippen LogP contribution in [-0.4, -0.2) is 10.4 Å². The van der Waals surface area contributed by atoms with Crippen molar-refractivity contribution in [3.05, 3.63) is 70.9 Å². The van der Waals surface area contributed by atoms with Crippen molar-refractivity contribution in [1.82, 2.24) is 4.57 Å². The second-order valence-corrected chi connectivity index (χ2v) is 6.14. The standard InChI is InChI=1S/C19H18ClNO/c1-13(22)18(12-14-6-8-15(20)9-7-14)16-4-3-5-19-17(16)10-11-21(19)2/h3-11,18H,12H2,1-2H3. The molecule has 0 aliphatic heterocycles. The second kappa shape index (κ2) is 5.98. The van der Waals surface area contributed by atoms with E-state index in [9.17, 15) is 4.79 Å². The summed E-state index contributed by atoms with van der Waals surface area (Å²) < 4.78 is 2.08. The zero-order valence-corrected chi connectivity index (χ0v) is 13.5. The van der Waals surface area contributed by atoms with Gasteiger partial charge in [-0.2, -0.15) is 0 Å². The number of Topliss-reactive ketones (excluding diaryl/α,β-unsaturated/α-hetero) is 1. The van der Waals surface area contributed by atoms with Gasteiger partial charge in [-0.1, -0.05) is 35.9 Å². The third-order valence-electron chi connectivity index (χ3n) is 4.18. The van der Waals surface area contributed by atoms with Crippen LogP contribution in [0.15, 0.2) is 54.7 Å². The monoisotopic (exact) mass is 311 g/mol. The van der Waals surface area contributed by atoms with E-state index in [0.29, 0.717) is 11.4 Å². The summed E-state index contributed by atoms with van der Waals surface area (Å²) in [6.07, 6.45) is 2.73. The van der Waals surface area contributed by atoms with Gasteiger partial charge in [-0.15, -0.1) is 0 Å².